The van der Waals surface area contributed by atoms with Gasteiger partial charge in [-0.25, -0.2) is 4.68 Å². The topological polar surface area (TPSA) is 69.0 Å². The van der Waals surface area contributed by atoms with Crippen molar-refractivity contribution in [3.05, 3.63) is 70.5 Å². The molecule has 0 bridgehead atoms. The molecule has 0 radical (unpaired) electrons. The molecule has 1 N–H and O–H groups in total. The predicted octanol–water partition coefficient (Wildman–Crippen LogP) is 4.54. The van der Waals surface area contributed by atoms with Gasteiger partial charge in [0.25, 0.3) is 5.91 Å². The number of amides is 1. The highest BCUT2D eigenvalue weighted by Crippen LogP contribution is 2.25. The number of nitrogens with zero attached hydrogens (tertiary/aromatic N) is 3. The van der Waals surface area contributed by atoms with E-state index in [0.29, 0.717) is 22.9 Å². The van der Waals surface area contributed by atoms with Gasteiger partial charge in [-0.2, -0.15) is 8.78 Å². The third-order valence-electron chi connectivity index (χ3n) is 4.71. The van der Waals surface area contributed by atoms with Gasteiger partial charge in [0.1, 0.15) is 5.75 Å². The number of aromatic nitrogens is 3. The normalized spacial score (nSPS) is 11.6. The van der Waals surface area contributed by atoms with Crippen molar-refractivity contribution in [1.29, 1.82) is 0 Å². The van der Waals surface area contributed by atoms with E-state index in [2.05, 4.69) is 20.4 Å². The van der Waals surface area contributed by atoms with Gasteiger partial charge >= 0.3 is 6.61 Å². The lowest BCUT2D eigenvalue weighted by atomic mass is 9.84. The molecular weight excluding hydrogens is 414 g/mol. The maximum Gasteiger partial charge on any atom is 0.387 e. The zero-order valence-corrected chi connectivity index (χ0v) is 17.5. The van der Waals surface area contributed by atoms with Gasteiger partial charge in [-0.05, 0) is 48.9 Å². The number of nitrogens with one attached hydrogen (secondary N) is 1. The second kappa shape index (κ2) is 8.79. The highest BCUT2D eigenvalue weighted by Gasteiger charge is 2.24. The first kappa shape index (κ1) is 21.7. The summed E-state index contributed by atoms with van der Waals surface area (Å²) >= 11 is 6.07. The van der Waals surface area contributed by atoms with Crippen molar-refractivity contribution < 1.29 is 18.3 Å². The average molecular weight is 435 g/mol. The molecule has 158 valence electrons. The first-order valence-electron chi connectivity index (χ1n) is 9.19. The van der Waals surface area contributed by atoms with Gasteiger partial charge in [-0.1, -0.05) is 42.8 Å². The van der Waals surface area contributed by atoms with Crippen molar-refractivity contribution in [2.75, 3.05) is 6.54 Å². The van der Waals surface area contributed by atoms with E-state index in [0.717, 1.165) is 5.56 Å². The Hall–Kier alpha value is -3.00. The number of alkyl halides is 2. The van der Waals surface area contributed by atoms with Crippen LogP contribution in [0.25, 0.3) is 5.69 Å². The molecule has 0 aliphatic carbocycles. The summed E-state index contributed by atoms with van der Waals surface area (Å²) in [5.41, 5.74) is 1.94. The van der Waals surface area contributed by atoms with Crippen molar-refractivity contribution in [2.24, 2.45) is 0 Å². The Morgan fingerprint density at radius 3 is 2.57 bits per heavy atom. The van der Waals surface area contributed by atoms with E-state index in [1.807, 2.05) is 32.0 Å². The Labute approximate surface area is 177 Å². The monoisotopic (exact) mass is 434 g/mol. The molecular formula is C21H21ClF2N4O2. The molecule has 3 rings (SSSR count). The quantitative estimate of drug-likeness (QED) is 0.592. The lowest BCUT2D eigenvalue weighted by molar-refractivity contribution is -0.0498. The van der Waals surface area contributed by atoms with Gasteiger partial charge in [-0.3, -0.25) is 4.79 Å². The fraction of sp³-hybridized carbons (Fsp3) is 0.286. The molecule has 0 aliphatic heterocycles. The summed E-state index contributed by atoms with van der Waals surface area (Å²) in [7, 11) is 0. The first-order valence-corrected chi connectivity index (χ1v) is 9.57. The van der Waals surface area contributed by atoms with Gasteiger partial charge in [0.15, 0.2) is 5.69 Å². The zero-order chi connectivity index (χ0) is 21.9. The van der Waals surface area contributed by atoms with E-state index in [1.165, 1.54) is 16.8 Å². The Morgan fingerprint density at radius 1 is 1.23 bits per heavy atom. The van der Waals surface area contributed by atoms with Crippen molar-refractivity contribution >= 4 is 17.5 Å². The van der Waals surface area contributed by atoms with Gasteiger partial charge in [0, 0.05) is 17.0 Å². The van der Waals surface area contributed by atoms with Crippen LogP contribution in [0.2, 0.25) is 5.02 Å². The van der Waals surface area contributed by atoms with Crippen molar-refractivity contribution in [3.63, 3.8) is 0 Å². The van der Waals surface area contributed by atoms with E-state index >= 15 is 0 Å². The smallest absolute Gasteiger partial charge is 0.387 e. The molecule has 0 unspecified atom stereocenters. The van der Waals surface area contributed by atoms with Crippen LogP contribution in [0.15, 0.2) is 48.5 Å². The second-order valence-corrected chi connectivity index (χ2v) is 7.82. The van der Waals surface area contributed by atoms with E-state index < -0.39 is 6.61 Å². The molecule has 0 saturated carbocycles. The number of ether oxygens (including phenoxy) is 1. The summed E-state index contributed by atoms with van der Waals surface area (Å²) in [4.78, 5) is 12.7. The minimum absolute atomic E-state index is 0.0349. The number of rotatable bonds is 7. The Bertz CT molecular complexity index is 1040. The highest BCUT2D eigenvalue weighted by atomic mass is 35.5. The maximum atomic E-state index is 12.7. The van der Waals surface area contributed by atoms with E-state index in [-0.39, 0.29) is 22.8 Å². The summed E-state index contributed by atoms with van der Waals surface area (Å²) in [5, 5.41) is 11.5. The molecule has 0 spiro atoms. The summed E-state index contributed by atoms with van der Waals surface area (Å²) in [6.07, 6.45) is 0. The van der Waals surface area contributed by atoms with E-state index in [1.54, 1.807) is 25.1 Å². The van der Waals surface area contributed by atoms with Gasteiger partial charge in [0.2, 0.25) is 0 Å². The number of benzene rings is 2. The van der Waals surface area contributed by atoms with Crippen LogP contribution in [0.3, 0.4) is 0 Å². The van der Waals surface area contributed by atoms with Gasteiger partial charge in [0.05, 0.1) is 11.4 Å². The molecule has 1 heterocycles. The molecule has 0 atom stereocenters. The summed E-state index contributed by atoms with van der Waals surface area (Å²) < 4.78 is 30.4. The van der Waals surface area contributed by atoms with Crippen LogP contribution in [0.5, 0.6) is 5.75 Å². The van der Waals surface area contributed by atoms with E-state index in [9.17, 15) is 13.6 Å². The zero-order valence-electron chi connectivity index (χ0n) is 16.7. The number of hydrogen-bond acceptors (Lipinski definition) is 4. The number of carbonyl (C=O) groups excluding carboxylic acids is 1. The summed E-state index contributed by atoms with van der Waals surface area (Å²) in [6, 6.07) is 13.4. The lowest BCUT2D eigenvalue weighted by Gasteiger charge is -2.25. The third-order valence-corrected chi connectivity index (χ3v) is 4.95. The molecule has 0 saturated heterocycles. The minimum atomic E-state index is -2.89. The highest BCUT2D eigenvalue weighted by molar-refractivity contribution is 6.30. The lowest BCUT2D eigenvalue weighted by Crippen LogP contribution is -2.37. The van der Waals surface area contributed by atoms with Crippen LogP contribution in [0.4, 0.5) is 8.78 Å². The van der Waals surface area contributed by atoms with Crippen LogP contribution in [-0.2, 0) is 5.41 Å². The van der Waals surface area contributed by atoms with Crippen LogP contribution in [0.1, 0.15) is 35.6 Å². The number of carbonyl (C=O) groups is 1. The Kier molecular flexibility index (Phi) is 6.36. The Balaban J connectivity index is 1.71. The molecule has 0 fully saturated rings. The summed E-state index contributed by atoms with van der Waals surface area (Å²) in [6.45, 7) is 3.20. The maximum absolute atomic E-state index is 12.7. The summed E-state index contributed by atoms with van der Waals surface area (Å²) in [5.74, 6) is -0.320. The molecule has 30 heavy (non-hydrogen) atoms. The van der Waals surface area contributed by atoms with Crippen LogP contribution >= 0.6 is 11.6 Å². The van der Waals surface area contributed by atoms with E-state index in [4.69, 9.17) is 11.6 Å². The number of halogens is 3. The SMILES string of the molecule is Cc1c(C(=O)NCC(C)(C)c2cccc(Cl)c2)nnn1-c1ccc(OC(F)F)cc1. The molecule has 9 heteroatoms. The van der Waals surface area contributed by atoms with Crippen molar-refractivity contribution in [1.82, 2.24) is 20.3 Å². The molecule has 1 amide bonds. The number of hydrogen-bond donors (Lipinski definition) is 1. The largest absolute Gasteiger partial charge is 0.435 e. The predicted molar refractivity (Wildman–Crippen MR) is 110 cm³/mol. The van der Waals surface area contributed by atoms with Gasteiger partial charge < -0.3 is 10.1 Å². The molecule has 0 aliphatic rings. The molecule has 2 aromatic carbocycles. The van der Waals surface area contributed by atoms with Crippen molar-refractivity contribution in [3.8, 4) is 11.4 Å². The fourth-order valence-corrected chi connectivity index (χ4v) is 3.14. The minimum Gasteiger partial charge on any atom is -0.435 e. The van der Waals surface area contributed by atoms with Crippen LogP contribution in [0, 0.1) is 6.92 Å². The van der Waals surface area contributed by atoms with Crippen LogP contribution < -0.4 is 10.1 Å². The first-order chi connectivity index (χ1) is 14.2. The standard InChI is InChI=1S/C21H21ClF2N4O2/c1-13-18(19(29)25-12-21(2,3)14-5-4-6-15(22)11-14)26-27-28(13)16-7-9-17(10-8-16)30-20(23)24/h4-11,20H,12H2,1-3H3,(H,25,29). The fourth-order valence-electron chi connectivity index (χ4n) is 2.95. The van der Waals surface area contributed by atoms with Crippen molar-refractivity contribution in [2.45, 2.75) is 32.8 Å². The Morgan fingerprint density at radius 2 is 1.93 bits per heavy atom. The molecule has 1 aromatic heterocycles. The van der Waals surface area contributed by atoms with Crippen LogP contribution in [-0.4, -0.2) is 34.1 Å². The molecule has 3 aromatic rings. The molecule has 6 nitrogen and oxygen atoms in total. The third kappa shape index (κ3) is 4.94. The van der Waals surface area contributed by atoms with Gasteiger partial charge in [-0.15, -0.1) is 5.10 Å². The second-order valence-electron chi connectivity index (χ2n) is 7.38. The average Bonchev–Trinajstić information content (AvgIpc) is 3.08.